The molecular weight excluding hydrogens is 396 g/mol. The first-order valence-electron chi connectivity index (χ1n) is 6.45. The van der Waals surface area contributed by atoms with Crippen molar-refractivity contribution in [3.8, 4) is 16.9 Å². The topological polar surface area (TPSA) is 18.5 Å². The molecule has 2 rings (SSSR count). The van der Waals surface area contributed by atoms with Gasteiger partial charge in [-0.1, -0.05) is 35.9 Å². The van der Waals surface area contributed by atoms with E-state index in [1.54, 1.807) is 7.11 Å². The molecule has 0 bridgehead atoms. The number of ether oxygens (including phenoxy) is 2. The normalized spacial score (nSPS) is 10.3. The molecule has 2 aromatic carbocycles. The van der Waals surface area contributed by atoms with Crippen LogP contribution in [0, 0.1) is 6.92 Å². The van der Waals surface area contributed by atoms with Gasteiger partial charge in [-0.2, -0.15) is 0 Å². The zero-order chi connectivity index (χ0) is 15.2. The van der Waals surface area contributed by atoms with Gasteiger partial charge < -0.3 is 9.47 Å². The van der Waals surface area contributed by atoms with Crippen LogP contribution in [0.15, 0.2) is 45.9 Å². The van der Waals surface area contributed by atoms with E-state index in [4.69, 9.17) is 9.47 Å². The second-order valence-corrected chi connectivity index (χ2v) is 7.37. The first kappa shape index (κ1) is 16.3. The fourth-order valence-electron chi connectivity index (χ4n) is 1.99. The summed E-state index contributed by atoms with van der Waals surface area (Å²) in [4.78, 5) is 0. The lowest BCUT2D eigenvalue weighted by Crippen LogP contribution is -1.99. The predicted octanol–water partition coefficient (Wildman–Crippen LogP) is 5.73. The number of hydrogen-bond acceptors (Lipinski definition) is 2. The van der Waals surface area contributed by atoms with Crippen LogP contribution in [0.2, 0.25) is 0 Å². The van der Waals surface area contributed by atoms with Crippen LogP contribution in [-0.4, -0.2) is 13.9 Å². The maximum Gasteiger partial charge on any atom is 0.188 e. The molecular formula is C17H16Br2O2. The zero-order valence-corrected chi connectivity index (χ0v) is 15.1. The highest BCUT2D eigenvalue weighted by Crippen LogP contribution is 2.31. The fraction of sp³-hybridized carbons (Fsp3) is 0.176. The summed E-state index contributed by atoms with van der Waals surface area (Å²) in [6, 6.07) is 14.5. The fourth-order valence-corrected chi connectivity index (χ4v) is 2.48. The van der Waals surface area contributed by atoms with Crippen molar-refractivity contribution in [2.75, 3.05) is 13.9 Å². The van der Waals surface area contributed by atoms with E-state index in [2.05, 4.69) is 69.1 Å². The predicted molar refractivity (Wildman–Crippen MR) is 95.0 cm³/mol. The third-order valence-corrected chi connectivity index (χ3v) is 3.45. The van der Waals surface area contributed by atoms with Crippen LogP contribution < -0.4 is 4.74 Å². The highest BCUT2D eigenvalue weighted by molar-refractivity contribution is 9.28. The zero-order valence-electron chi connectivity index (χ0n) is 11.9. The third kappa shape index (κ3) is 4.70. The minimum absolute atomic E-state index is 0.239. The summed E-state index contributed by atoms with van der Waals surface area (Å²) >= 11 is 6.84. The van der Waals surface area contributed by atoms with Gasteiger partial charge in [-0.25, -0.2) is 0 Å². The molecule has 0 atom stereocenters. The Morgan fingerprint density at radius 1 is 1.10 bits per heavy atom. The van der Waals surface area contributed by atoms with Gasteiger partial charge in [-0.15, -0.1) is 0 Å². The van der Waals surface area contributed by atoms with Gasteiger partial charge in [0.2, 0.25) is 0 Å². The van der Waals surface area contributed by atoms with Gasteiger partial charge >= 0.3 is 0 Å². The van der Waals surface area contributed by atoms with E-state index < -0.39 is 0 Å². The first-order valence-corrected chi connectivity index (χ1v) is 8.04. The molecule has 0 saturated heterocycles. The van der Waals surface area contributed by atoms with E-state index in [0.717, 1.165) is 20.3 Å². The van der Waals surface area contributed by atoms with E-state index in [-0.39, 0.29) is 6.79 Å². The molecule has 0 N–H and O–H groups in total. The van der Waals surface area contributed by atoms with Gasteiger partial charge in [0, 0.05) is 7.11 Å². The molecule has 0 heterocycles. The van der Waals surface area contributed by atoms with Gasteiger partial charge in [0.15, 0.2) is 6.79 Å². The average Bonchev–Trinajstić information content (AvgIpc) is 2.46. The molecule has 0 aromatic heterocycles. The number of benzene rings is 2. The van der Waals surface area contributed by atoms with Crippen molar-refractivity contribution in [3.63, 3.8) is 0 Å². The van der Waals surface area contributed by atoms with E-state index >= 15 is 0 Å². The van der Waals surface area contributed by atoms with Crippen molar-refractivity contribution in [1.82, 2.24) is 0 Å². The van der Waals surface area contributed by atoms with Gasteiger partial charge in [0.05, 0.1) is 3.39 Å². The van der Waals surface area contributed by atoms with Crippen LogP contribution in [0.5, 0.6) is 5.75 Å². The Morgan fingerprint density at radius 3 is 2.43 bits per heavy atom. The minimum Gasteiger partial charge on any atom is -0.468 e. The Balaban J connectivity index is 2.44. The molecule has 0 spiro atoms. The molecule has 0 radical (unpaired) electrons. The van der Waals surface area contributed by atoms with Crippen LogP contribution in [0.3, 0.4) is 0 Å². The summed E-state index contributed by atoms with van der Waals surface area (Å²) in [5.74, 6) is 0.778. The first-order chi connectivity index (χ1) is 10.1. The SMILES string of the molecule is COCOc1ccc(-c2ccc(C)cc2)c(C=C(Br)Br)c1. The van der Waals surface area contributed by atoms with Crippen LogP contribution in [0.1, 0.15) is 11.1 Å². The number of rotatable bonds is 5. The van der Waals surface area contributed by atoms with Crippen molar-refractivity contribution in [1.29, 1.82) is 0 Å². The molecule has 4 heteroatoms. The quantitative estimate of drug-likeness (QED) is 0.584. The lowest BCUT2D eigenvalue weighted by atomic mass is 9.98. The molecule has 0 fully saturated rings. The van der Waals surface area contributed by atoms with Gasteiger partial charge in [0.1, 0.15) is 5.75 Å². The van der Waals surface area contributed by atoms with Crippen molar-refractivity contribution < 1.29 is 9.47 Å². The summed E-state index contributed by atoms with van der Waals surface area (Å²) in [5.41, 5.74) is 4.64. The van der Waals surface area contributed by atoms with Crippen molar-refractivity contribution in [2.24, 2.45) is 0 Å². The van der Waals surface area contributed by atoms with Crippen molar-refractivity contribution in [2.45, 2.75) is 6.92 Å². The highest BCUT2D eigenvalue weighted by Gasteiger charge is 2.06. The monoisotopic (exact) mass is 410 g/mol. The molecule has 0 amide bonds. The van der Waals surface area contributed by atoms with E-state index in [9.17, 15) is 0 Å². The molecule has 0 aliphatic heterocycles. The summed E-state index contributed by atoms with van der Waals surface area (Å²) in [5, 5.41) is 0. The van der Waals surface area contributed by atoms with E-state index in [1.807, 2.05) is 18.2 Å². The Hall–Kier alpha value is -1.10. The Kier molecular flexibility index (Phi) is 6.03. The summed E-state index contributed by atoms with van der Waals surface area (Å²) in [7, 11) is 1.61. The van der Waals surface area contributed by atoms with Gasteiger partial charge in [-0.3, -0.25) is 0 Å². The highest BCUT2D eigenvalue weighted by atomic mass is 79.9. The molecule has 2 aromatic rings. The lowest BCUT2D eigenvalue weighted by Gasteiger charge is -2.11. The van der Waals surface area contributed by atoms with E-state index in [1.165, 1.54) is 11.1 Å². The van der Waals surface area contributed by atoms with Crippen molar-refractivity contribution >= 4 is 37.9 Å². The minimum atomic E-state index is 0.239. The summed E-state index contributed by atoms with van der Waals surface area (Å²) < 4.78 is 11.3. The number of methoxy groups -OCH3 is 1. The Bertz CT molecular complexity index is 630. The largest absolute Gasteiger partial charge is 0.468 e. The molecule has 21 heavy (non-hydrogen) atoms. The lowest BCUT2D eigenvalue weighted by molar-refractivity contribution is 0.0511. The van der Waals surface area contributed by atoms with Crippen LogP contribution in [0.25, 0.3) is 17.2 Å². The van der Waals surface area contributed by atoms with Crippen LogP contribution >= 0.6 is 31.9 Å². The maximum absolute atomic E-state index is 5.51. The summed E-state index contributed by atoms with van der Waals surface area (Å²) in [6.07, 6.45) is 2.01. The van der Waals surface area contributed by atoms with Gasteiger partial charge in [0.25, 0.3) is 0 Å². The Labute approximate surface area is 142 Å². The number of hydrogen-bond donors (Lipinski definition) is 0. The van der Waals surface area contributed by atoms with Crippen LogP contribution in [-0.2, 0) is 4.74 Å². The second kappa shape index (κ2) is 7.78. The van der Waals surface area contributed by atoms with Crippen LogP contribution in [0.4, 0.5) is 0 Å². The maximum atomic E-state index is 5.51. The van der Waals surface area contributed by atoms with Crippen molar-refractivity contribution in [3.05, 3.63) is 57.0 Å². The van der Waals surface area contributed by atoms with E-state index in [0.29, 0.717) is 0 Å². The molecule has 2 nitrogen and oxygen atoms in total. The molecule has 0 aliphatic rings. The number of aryl methyl sites for hydroxylation is 1. The molecule has 0 aliphatic carbocycles. The Morgan fingerprint density at radius 2 is 1.81 bits per heavy atom. The number of halogens is 2. The smallest absolute Gasteiger partial charge is 0.188 e. The second-order valence-electron chi connectivity index (χ2n) is 4.60. The summed E-state index contributed by atoms with van der Waals surface area (Å²) in [6.45, 7) is 2.32. The third-order valence-electron chi connectivity index (χ3n) is 2.99. The van der Waals surface area contributed by atoms with Gasteiger partial charge in [-0.05, 0) is 73.7 Å². The molecule has 0 saturated carbocycles. The molecule has 110 valence electrons. The average molecular weight is 412 g/mol. The molecule has 0 unspecified atom stereocenters. The standard InChI is InChI=1S/C17H16Br2O2/c1-12-3-5-13(6-4-12)16-8-7-15(21-11-20-2)9-14(16)10-17(18)19/h3-10H,11H2,1-2H3.